The van der Waals surface area contributed by atoms with Crippen molar-refractivity contribution in [3.63, 3.8) is 0 Å². The van der Waals surface area contributed by atoms with Gasteiger partial charge in [0.2, 0.25) is 5.91 Å². The third-order valence-electron chi connectivity index (χ3n) is 8.21. The minimum absolute atomic E-state index is 0.0642. The molecule has 0 saturated heterocycles. The molecule has 1 aromatic rings. The third kappa shape index (κ3) is 4.56. The second-order valence-corrected chi connectivity index (χ2v) is 12.2. The second-order valence-electron chi connectivity index (χ2n) is 12.2. The number of nitrogens with one attached hydrogen (secondary N) is 1. The molecule has 0 fully saturated rings. The van der Waals surface area contributed by atoms with Crippen molar-refractivity contribution in [2.24, 2.45) is 23.5 Å². The highest BCUT2D eigenvalue weighted by atomic mass is 16.3. The average Bonchev–Trinajstić information content (AvgIpc) is 2.81. The van der Waals surface area contributed by atoms with Crippen molar-refractivity contribution in [2.75, 3.05) is 14.1 Å². The number of hydrogen-bond acceptors (Lipinski definition) is 9. The SMILES string of the molecule is C[C@H]1c2ccc(CCC(=O)NC(C)(C)C)c(O)c2C(=O)C2=C(O)C3C(=O)C(C(N)=O)=C(O)[C@@H](N(C)C)C3C(O)C21. The lowest BCUT2D eigenvalue weighted by Crippen LogP contribution is -2.59. The largest absolute Gasteiger partial charge is 0.511 e. The van der Waals surface area contributed by atoms with Crippen molar-refractivity contribution < 1.29 is 39.6 Å². The number of fused-ring (bicyclic) bond motifs is 3. The fourth-order valence-electron chi connectivity index (χ4n) is 6.58. The number of nitrogens with zero attached hydrogens (tertiary/aromatic N) is 1. The van der Waals surface area contributed by atoms with Crippen LogP contribution in [-0.2, 0) is 20.8 Å². The molecule has 2 amide bonds. The molecule has 216 valence electrons. The maximum Gasteiger partial charge on any atom is 0.255 e. The van der Waals surface area contributed by atoms with Gasteiger partial charge in [0, 0.05) is 29.4 Å². The van der Waals surface area contributed by atoms with E-state index < -0.39 is 75.9 Å². The van der Waals surface area contributed by atoms with Crippen molar-refractivity contribution in [3.05, 3.63) is 51.5 Å². The van der Waals surface area contributed by atoms with Crippen LogP contribution in [0.1, 0.15) is 61.5 Å². The van der Waals surface area contributed by atoms with E-state index in [0.717, 1.165) is 0 Å². The summed E-state index contributed by atoms with van der Waals surface area (Å²) in [5.74, 6) is -8.79. The molecule has 6 atom stereocenters. The highest BCUT2D eigenvalue weighted by Crippen LogP contribution is 2.54. The van der Waals surface area contributed by atoms with Crippen LogP contribution in [0.15, 0.2) is 34.8 Å². The summed E-state index contributed by atoms with van der Waals surface area (Å²) in [6.45, 7) is 7.29. The molecule has 0 radical (unpaired) electrons. The van der Waals surface area contributed by atoms with Gasteiger partial charge >= 0.3 is 0 Å². The minimum Gasteiger partial charge on any atom is -0.511 e. The van der Waals surface area contributed by atoms with E-state index in [1.54, 1.807) is 33.2 Å². The summed E-state index contributed by atoms with van der Waals surface area (Å²) in [5, 5.41) is 48.0. The number of rotatable bonds is 5. The first-order valence-electron chi connectivity index (χ1n) is 13.2. The molecule has 0 spiro atoms. The number of benzene rings is 1. The van der Waals surface area contributed by atoms with E-state index in [1.165, 1.54) is 4.90 Å². The van der Waals surface area contributed by atoms with Crippen LogP contribution in [0.5, 0.6) is 5.75 Å². The topological polar surface area (TPSA) is 190 Å². The number of carbonyl (C=O) groups is 4. The molecule has 7 N–H and O–H groups in total. The number of allylic oxidation sites excluding steroid dienone is 1. The molecule has 3 aliphatic rings. The summed E-state index contributed by atoms with van der Waals surface area (Å²) in [6.07, 6.45) is -1.16. The smallest absolute Gasteiger partial charge is 0.255 e. The van der Waals surface area contributed by atoms with Crippen molar-refractivity contribution >= 4 is 23.4 Å². The van der Waals surface area contributed by atoms with Crippen LogP contribution in [0.2, 0.25) is 0 Å². The number of aliphatic hydroxyl groups excluding tert-OH is 3. The van der Waals surface area contributed by atoms with E-state index in [2.05, 4.69) is 5.32 Å². The number of ketones is 2. The lowest BCUT2D eigenvalue weighted by Gasteiger charge is -2.50. The number of aliphatic hydroxyl groups is 3. The monoisotopic (exact) mass is 555 g/mol. The minimum atomic E-state index is -1.50. The van der Waals surface area contributed by atoms with Gasteiger partial charge in [0.15, 0.2) is 11.6 Å². The molecule has 40 heavy (non-hydrogen) atoms. The van der Waals surface area contributed by atoms with Gasteiger partial charge < -0.3 is 31.5 Å². The highest BCUT2D eigenvalue weighted by Gasteiger charge is 2.59. The molecule has 0 heterocycles. The lowest BCUT2D eigenvalue weighted by molar-refractivity contribution is -0.131. The average molecular weight is 556 g/mol. The number of nitrogens with two attached hydrogens (primary N) is 1. The van der Waals surface area contributed by atoms with Gasteiger partial charge in [-0.05, 0) is 58.3 Å². The van der Waals surface area contributed by atoms with E-state index in [0.29, 0.717) is 11.1 Å². The Morgan fingerprint density at radius 2 is 1.70 bits per heavy atom. The normalized spacial score (nSPS) is 28.3. The van der Waals surface area contributed by atoms with E-state index >= 15 is 0 Å². The molecular weight excluding hydrogens is 518 g/mol. The van der Waals surface area contributed by atoms with Gasteiger partial charge in [-0.25, -0.2) is 0 Å². The van der Waals surface area contributed by atoms with E-state index in [9.17, 15) is 39.6 Å². The summed E-state index contributed by atoms with van der Waals surface area (Å²) in [4.78, 5) is 53.2. The molecule has 4 unspecified atom stereocenters. The van der Waals surface area contributed by atoms with Crippen molar-refractivity contribution in [3.8, 4) is 5.75 Å². The Hall–Kier alpha value is -3.70. The predicted molar refractivity (Wildman–Crippen MR) is 145 cm³/mol. The third-order valence-corrected chi connectivity index (χ3v) is 8.21. The number of phenols is 1. The summed E-state index contributed by atoms with van der Waals surface area (Å²) >= 11 is 0. The summed E-state index contributed by atoms with van der Waals surface area (Å²) in [6, 6.07) is 2.26. The van der Waals surface area contributed by atoms with Crippen LogP contribution < -0.4 is 11.1 Å². The Balaban J connectivity index is 1.81. The summed E-state index contributed by atoms with van der Waals surface area (Å²) in [7, 11) is 3.17. The Bertz CT molecular complexity index is 1370. The van der Waals surface area contributed by atoms with Crippen LogP contribution in [0.3, 0.4) is 0 Å². The first kappa shape index (κ1) is 29.3. The molecule has 0 saturated carbocycles. The van der Waals surface area contributed by atoms with Gasteiger partial charge in [0.05, 0.1) is 23.6 Å². The molecular formula is C29H37N3O8. The van der Waals surface area contributed by atoms with Gasteiger partial charge in [-0.1, -0.05) is 19.1 Å². The predicted octanol–water partition coefficient (Wildman–Crippen LogP) is 1.38. The molecule has 0 bridgehead atoms. The molecule has 0 aromatic heterocycles. The lowest BCUT2D eigenvalue weighted by atomic mass is 9.57. The molecule has 3 aliphatic carbocycles. The Morgan fingerprint density at radius 1 is 1.07 bits per heavy atom. The summed E-state index contributed by atoms with van der Waals surface area (Å²) < 4.78 is 0. The van der Waals surface area contributed by atoms with Crippen molar-refractivity contribution in [2.45, 2.75) is 64.1 Å². The van der Waals surface area contributed by atoms with Gasteiger partial charge in [-0.3, -0.25) is 24.1 Å². The Labute approximate surface area is 232 Å². The fraction of sp³-hybridized carbons (Fsp3) is 0.517. The van der Waals surface area contributed by atoms with Crippen LogP contribution in [0.25, 0.3) is 0 Å². The first-order valence-corrected chi connectivity index (χ1v) is 13.2. The molecule has 1 aromatic carbocycles. The van der Waals surface area contributed by atoms with E-state index in [1.807, 2.05) is 20.8 Å². The standard InChI is InChI=1S/C29H37N3O8/c1-11-13-9-7-12(8-10-14(33)31-29(2,3)4)22(34)16(13)24(36)18-15(11)23(35)17-19(25(18)37)26(38)20(28(30)40)27(39)21(17)32(5)6/h7,9,11,15,17,19,21,23,34-35,37,39H,8,10H2,1-6H3,(H2,30,40)(H,31,33)/t11-,15?,17?,19?,21-,23?/m0/s1. The van der Waals surface area contributed by atoms with Gasteiger partial charge in [0.25, 0.3) is 5.91 Å². The number of Topliss-reactive ketones (excluding diaryl/α,β-unsaturated/α-hetero) is 2. The fourth-order valence-corrected chi connectivity index (χ4v) is 6.58. The number of carbonyl (C=O) groups excluding carboxylic acids is 4. The molecule has 11 nitrogen and oxygen atoms in total. The number of likely N-dealkylation sites (N-methyl/N-ethyl adjacent to an activating group) is 1. The molecule has 0 aliphatic heterocycles. The number of primary amides is 1. The van der Waals surface area contributed by atoms with Crippen LogP contribution in [-0.4, -0.2) is 80.5 Å². The van der Waals surface area contributed by atoms with Crippen molar-refractivity contribution in [1.29, 1.82) is 0 Å². The second kappa shape index (κ2) is 10.0. The van der Waals surface area contributed by atoms with Crippen molar-refractivity contribution in [1.82, 2.24) is 10.2 Å². The van der Waals surface area contributed by atoms with Crippen LogP contribution >= 0.6 is 0 Å². The van der Waals surface area contributed by atoms with E-state index in [4.69, 9.17) is 5.73 Å². The summed E-state index contributed by atoms with van der Waals surface area (Å²) in [5.41, 5.74) is 4.80. The molecule has 4 rings (SSSR count). The van der Waals surface area contributed by atoms with Gasteiger partial charge in [-0.2, -0.15) is 0 Å². The zero-order chi connectivity index (χ0) is 30.0. The maximum atomic E-state index is 13.9. The number of amides is 2. The van der Waals surface area contributed by atoms with E-state index in [-0.39, 0.29) is 35.6 Å². The van der Waals surface area contributed by atoms with Crippen LogP contribution in [0.4, 0.5) is 0 Å². The van der Waals surface area contributed by atoms with Gasteiger partial charge in [-0.15, -0.1) is 0 Å². The Kier molecular flexibility index (Phi) is 7.35. The Morgan fingerprint density at radius 3 is 2.25 bits per heavy atom. The molecule has 11 heteroatoms. The van der Waals surface area contributed by atoms with Crippen LogP contribution in [0, 0.1) is 17.8 Å². The zero-order valence-electron chi connectivity index (χ0n) is 23.5. The number of aryl methyl sites for hydroxylation is 1. The zero-order valence-corrected chi connectivity index (χ0v) is 23.5. The number of aromatic hydroxyl groups is 1. The van der Waals surface area contributed by atoms with Gasteiger partial charge in [0.1, 0.15) is 22.8 Å². The first-order chi connectivity index (χ1) is 18.5. The number of phenolic OH excluding ortho intramolecular Hbond substituents is 1. The maximum absolute atomic E-state index is 13.9. The quantitative estimate of drug-likeness (QED) is 0.291. The number of hydrogen-bond donors (Lipinski definition) is 6. The highest BCUT2D eigenvalue weighted by molar-refractivity contribution is 6.22.